The first kappa shape index (κ1) is 11.2. The lowest BCUT2D eigenvalue weighted by atomic mass is 9.85. The predicted molar refractivity (Wildman–Crippen MR) is 67.2 cm³/mol. The molecular formula is C13H17NO2S. The molecule has 3 nitrogen and oxygen atoms in total. The number of aliphatic hydroxyl groups excluding tert-OH is 1. The van der Waals surface area contributed by atoms with Gasteiger partial charge in [-0.2, -0.15) is 0 Å². The van der Waals surface area contributed by atoms with E-state index in [9.17, 15) is 9.90 Å². The maximum absolute atomic E-state index is 12.2. The van der Waals surface area contributed by atoms with Crippen LogP contribution in [0.25, 0.3) is 0 Å². The van der Waals surface area contributed by atoms with E-state index in [1.807, 2.05) is 0 Å². The summed E-state index contributed by atoms with van der Waals surface area (Å²) in [4.78, 5) is 13.6. The number of hydrogen-bond acceptors (Lipinski definition) is 3. The lowest BCUT2D eigenvalue weighted by Gasteiger charge is -2.33. The molecule has 2 aliphatic carbocycles. The summed E-state index contributed by atoms with van der Waals surface area (Å²) in [6.45, 7) is 0. The normalized spacial score (nSPS) is 31.5. The van der Waals surface area contributed by atoms with Crippen molar-refractivity contribution in [3.63, 3.8) is 0 Å². The average molecular weight is 251 g/mol. The van der Waals surface area contributed by atoms with Crippen molar-refractivity contribution in [1.29, 1.82) is 0 Å². The molecule has 4 heteroatoms. The fraction of sp³-hybridized carbons (Fsp3) is 0.615. The highest BCUT2D eigenvalue weighted by molar-refractivity contribution is 7.10. The first-order chi connectivity index (χ1) is 8.24. The maximum atomic E-state index is 12.2. The molecule has 2 N–H and O–H groups in total. The molecule has 1 unspecified atom stereocenters. The number of aryl methyl sites for hydroxylation is 1. The van der Waals surface area contributed by atoms with Crippen LogP contribution in [-0.4, -0.2) is 23.2 Å². The summed E-state index contributed by atoms with van der Waals surface area (Å²) in [5, 5.41) is 14.4. The van der Waals surface area contributed by atoms with Gasteiger partial charge in [0.25, 0.3) is 0 Å². The quantitative estimate of drug-likeness (QED) is 0.842. The minimum atomic E-state index is -0.205. The number of thiophene rings is 1. The van der Waals surface area contributed by atoms with Gasteiger partial charge in [-0.25, -0.2) is 0 Å². The highest BCUT2D eigenvalue weighted by Gasteiger charge is 2.32. The third-order valence-electron chi connectivity index (χ3n) is 3.83. The van der Waals surface area contributed by atoms with E-state index in [0.29, 0.717) is 0 Å². The third-order valence-corrected chi connectivity index (χ3v) is 4.82. The number of rotatable bonds is 2. The zero-order chi connectivity index (χ0) is 11.8. The Balaban J connectivity index is 1.67. The summed E-state index contributed by atoms with van der Waals surface area (Å²) in [6.07, 6.45) is 4.43. The molecule has 0 radical (unpaired) electrons. The number of aliphatic hydroxyl groups is 1. The summed E-state index contributed by atoms with van der Waals surface area (Å²) in [6, 6.07) is 2.29. The second-order valence-corrected chi connectivity index (χ2v) is 6.08. The van der Waals surface area contributed by atoms with E-state index < -0.39 is 0 Å². The van der Waals surface area contributed by atoms with Crippen LogP contribution in [0.2, 0.25) is 0 Å². The van der Waals surface area contributed by atoms with Crippen LogP contribution in [-0.2, 0) is 11.2 Å². The van der Waals surface area contributed by atoms with E-state index in [1.54, 1.807) is 11.3 Å². The standard InChI is InChI=1S/C13H17NO2S/c15-9-6-8(7-9)14-13(16)11-2-1-3-12-10(11)4-5-17-12/h4-5,8-9,11,15H,1-3,6-7H2,(H,14,16). The fourth-order valence-corrected chi connectivity index (χ4v) is 3.75. The van der Waals surface area contributed by atoms with Crippen LogP contribution in [0.1, 0.15) is 42.0 Å². The summed E-state index contributed by atoms with van der Waals surface area (Å²) in [7, 11) is 0. The van der Waals surface area contributed by atoms with Gasteiger partial charge in [0, 0.05) is 10.9 Å². The van der Waals surface area contributed by atoms with E-state index in [2.05, 4.69) is 16.8 Å². The number of fused-ring (bicyclic) bond motifs is 1. The van der Waals surface area contributed by atoms with Crippen molar-refractivity contribution >= 4 is 17.2 Å². The third kappa shape index (κ3) is 2.11. The molecule has 1 heterocycles. The van der Waals surface area contributed by atoms with E-state index >= 15 is 0 Å². The topological polar surface area (TPSA) is 49.3 Å². The van der Waals surface area contributed by atoms with Crippen molar-refractivity contribution in [2.45, 2.75) is 50.2 Å². The lowest BCUT2D eigenvalue weighted by molar-refractivity contribution is -0.124. The van der Waals surface area contributed by atoms with Gasteiger partial charge < -0.3 is 10.4 Å². The largest absolute Gasteiger partial charge is 0.393 e. The van der Waals surface area contributed by atoms with E-state index in [4.69, 9.17) is 0 Å². The fourth-order valence-electron chi connectivity index (χ4n) is 2.77. The van der Waals surface area contributed by atoms with Crippen molar-refractivity contribution < 1.29 is 9.90 Å². The van der Waals surface area contributed by atoms with Crippen LogP contribution in [0.5, 0.6) is 0 Å². The number of carbonyl (C=O) groups is 1. The molecule has 0 spiro atoms. The molecule has 17 heavy (non-hydrogen) atoms. The molecule has 92 valence electrons. The van der Waals surface area contributed by atoms with Crippen molar-refractivity contribution in [3.05, 3.63) is 21.9 Å². The second kappa shape index (κ2) is 4.42. The summed E-state index contributed by atoms with van der Waals surface area (Å²) < 4.78 is 0. The molecule has 1 aromatic rings. The Morgan fingerprint density at radius 2 is 2.29 bits per heavy atom. The molecule has 0 saturated heterocycles. The van der Waals surface area contributed by atoms with Crippen molar-refractivity contribution in [2.24, 2.45) is 0 Å². The van der Waals surface area contributed by atoms with Crippen LogP contribution in [0.15, 0.2) is 11.4 Å². The number of carbonyl (C=O) groups excluding carboxylic acids is 1. The molecule has 1 atom stereocenters. The molecule has 0 bridgehead atoms. The molecule has 2 aliphatic rings. The summed E-state index contributed by atoms with van der Waals surface area (Å²) in [5.74, 6) is 0.198. The average Bonchev–Trinajstić information content (AvgIpc) is 2.74. The molecule has 1 amide bonds. The zero-order valence-electron chi connectivity index (χ0n) is 9.69. The van der Waals surface area contributed by atoms with Crippen LogP contribution in [0.4, 0.5) is 0 Å². The molecule has 0 aromatic carbocycles. The van der Waals surface area contributed by atoms with Crippen molar-refractivity contribution in [1.82, 2.24) is 5.32 Å². The Hall–Kier alpha value is -0.870. The van der Waals surface area contributed by atoms with E-state index in [1.165, 1.54) is 10.4 Å². The van der Waals surface area contributed by atoms with Gasteiger partial charge in [-0.15, -0.1) is 11.3 Å². The summed E-state index contributed by atoms with van der Waals surface area (Å²) >= 11 is 1.77. The van der Waals surface area contributed by atoms with Crippen LogP contribution in [0.3, 0.4) is 0 Å². The monoisotopic (exact) mass is 251 g/mol. The number of amides is 1. The number of nitrogens with one attached hydrogen (secondary N) is 1. The van der Waals surface area contributed by atoms with Crippen LogP contribution >= 0.6 is 11.3 Å². The Morgan fingerprint density at radius 3 is 3.06 bits per heavy atom. The van der Waals surface area contributed by atoms with E-state index in [-0.39, 0.29) is 24.0 Å². The Bertz CT molecular complexity index is 423. The van der Waals surface area contributed by atoms with Gasteiger partial charge >= 0.3 is 0 Å². The van der Waals surface area contributed by atoms with Gasteiger partial charge in [0.1, 0.15) is 0 Å². The highest BCUT2D eigenvalue weighted by Crippen LogP contribution is 2.35. The Morgan fingerprint density at radius 1 is 1.47 bits per heavy atom. The molecule has 0 aliphatic heterocycles. The molecule has 3 rings (SSSR count). The minimum Gasteiger partial charge on any atom is -0.393 e. The van der Waals surface area contributed by atoms with E-state index in [0.717, 1.165) is 32.1 Å². The zero-order valence-corrected chi connectivity index (χ0v) is 10.5. The van der Waals surface area contributed by atoms with Gasteiger partial charge in [-0.1, -0.05) is 0 Å². The van der Waals surface area contributed by atoms with Gasteiger partial charge in [0.15, 0.2) is 0 Å². The molecule has 1 aromatic heterocycles. The maximum Gasteiger partial charge on any atom is 0.227 e. The van der Waals surface area contributed by atoms with Gasteiger partial charge in [-0.05, 0) is 49.1 Å². The first-order valence-electron chi connectivity index (χ1n) is 6.28. The number of hydrogen-bond donors (Lipinski definition) is 2. The lowest BCUT2D eigenvalue weighted by Crippen LogP contribution is -2.48. The van der Waals surface area contributed by atoms with Crippen molar-refractivity contribution in [2.75, 3.05) is 0 Å². The Kier molecular flexibility index (Phi) is 2.92. The Labute approximate surface area is 105 Å². The first-order valence-corrected chi connectivity index (χ1v) is 7.16. The van der Waals surface area contributed by atoms with Crippen LogP contribution in [0, 0.1) is 0 Å². The van der Waals surface area contributed by atoms with Gasteiger partial charge in [0.2, 0.25) is 5.91 Å². The highest BCUT2D eigenvalue weighted by atomic mass is 32.1. The van der Waals surface area contributed by atoms with Crippen LogP contribution < -0.4 is 5.32 Å². The molecular weight excluding hydrogens is 234 g/mol. The van der Waals surface area contributed by atoms with Gasteiger partial charge in [0.05, 0.1) is 12.0 Å². The molecule has 1 saturated carbocycles. The smallest absolute Gasteiger partial charge is 0.227 e. The second-order valence-electron chi connectivity index (χ2n) is 5.07. The van der Waals surface area contributed by atoms with Crippen molar-refractivity contribution in [3.8, 4) is 0 Å². The van der Waals surface area contributed by atoms with Gasteiger partial charge in [-0.3, -0.25) is 4.79 Å². The minimum absolute atomic E-state index is 0.0442. The SMILES string of the molecule is O=C(NC1CC(O)C1)C1CCCc2sccc21. The predicted octanol–water partition coefficient (Wildman–Crippen LogP) is 1.81. The molecule has 1 fully saturated rings. The summed E-state index contributed by atoms with van der Waals surface area (Å²) in [5.41, 5.74) is 1.23.